The maximum absolute atomic E-state index is 11.6. The minimum absolute atomic E-state index is 0.376. The number of halogens is 1. The SMILES string of the molecule is CCCCOc1ccc(CN2C3CCC2CC(O)(c2ccc(Cl)c(OC)c2)C3)c(C)c1C. The summed E-state index contributed by atoms with van der Waals surface area (Å²) < 4.78 is 11.4. The first kappa shape index (κ1) is 23.4. The maximum atomic E-state index is 11.6. The van der Waals surface area contributed by atoms with Gasteiger partial charge in [0.1, 0.15) is 11.5 Å². The predicted molar refractivity (Wildman–Crippen MR) is 130 cm³/mol. The van der Waals surface area contributed by atoms with E-state index < -0.39 is 5.60 Å². The van der Waals surface area contributed by atoms with Gasteiger partial charge in [-0.1, -0.05) is 37.1 Å². The zero-order valence-corrected chi connectivity index (χ0v) is 20.5. The summed E-state index contributed by atoms with van der Waals surface area (Å²) in [5.74, 6) is 1.63. The lowest BCUT2D eigenvalue weighted by molar-refractivity contribution is -0.0596. The third-order valence-corrected chi connectivity index (χ3v) is 7.88. The first-order chi connectivity index (χ1) is 15.4. The molecule has 2 heterocycles. The van der Waals surface area contributed by atoms with Crippen LogP contribution in [0.3, 0.4) is 0 Å². The van der Waals surface area contributed by atoms with Crippen LogP contribution in [0, 0.1) is 13.8 Å². The van der Waals surface area contributed by atoms with Crippen molar-refractivity contribution in [2.24, 2.45) is 0 Å². The van der Waals surface area contributed by atoms with Crippen molar-refractivity contribution in [2.45, 2.75) is 83.5 Å². The molecule has 0 saturated carbocycles. The van der Waals surface area contributed by atoms with E-state index in [-0.39, 0.29) is 0 Å². The highest BCUT2D eigenvalue weighted by Crippen LogP contribution is 2.47. The van der Waals surface area contributed by atoms with E-state index in [1.165, 1.54) is 16.7 Å². The topological polar surface area (TPSA) is 41.9 Å². The lowest BCUT2D eigenvalue weighted by Gasteiger charge is -2.44. The third-order valence-electron chi connectivity index (χ3n) is 7.56. The molecule has 32 heavy (non-hydrogen) atoms. The van der Waals surface area contributed by atoms with Crippen molar-refractivity contribution in [1.82, 2.24) is 4.90 Å². The maximum Gasteiger partial charge on any atom is 0.137 e. The fourth-order valence-corrected chi connectivity index (χ4v) is 5.66. The Morgan fingerprint density at radius 1 is 1.06 bits per heavy atom. The first-order valence-corrected chi connectivity index (χ1v) is 12.3. The highest BCUT2D eigenvalue weighted by Gasteiger charge is 2.48. The molecule has 2 bridgehead atoms. The lowest BCUT2D eigenvalue weighted by Crippen LogP contribution is -2.49. The van der Waals surface area contributed by atoms with Gasteiger partial charge in [0.25, 0.3) is 0 Å². The number of unbranched alkanes of at least 4 members (excludes halogenated alkanes) is 1. The van der Waals surface area contributed by atoms with Crippen molar-refractivity contribution in [3.63, 3.8) is 0 Å². The van der Waals surface area contributed by atoms with E-state index in [1.54, 1.807) is 7.11 Å². The summed E-state index contributed by atoms with van der Waals surface area (Å²) in [4.78, 5) is 2.61. The van der Waals surface area contributed by atoms with Crippen LogP contribution in [0.25, 0.3) is 0 Å². The molecule has 2 atom stereocenters. The highest BCUT2D eigenvalue weighted by atomic mass is 35.5. The fourth-order valence-electron chi connectivity index (χ4n) is 5.46. The van der Waals surface area contributed by atoms with Crippen molar-refractivity contribution >= 4 is 11.6 Å². The van der Waals surface area contributed by atoms with Crippen molar-refractivity contribution in [3.8, 4) is 11.5 Å². The van der Waals surface area contributed by atoms with Crippen LogP contribution >= 0.6 is 11.6 Å². The van der Waals surface area contributed by atoms with Gasteiger partial charge >= 0.3 is 0 Å². The minimum Gasteiger partial charge on any atom is -0.495 e. The monoisotopic (exact) mass is 457 g/mol. The molecular weight excluding hydrogens is 422 g/mol. The van der Waals surface area contributed by atoms with Gasteiger partial charge in [-0.15, -0.1) is 0 Å². The molecule has 4 nitrogen and oxygen atoms in total. The van der Waals surface area contributed by atoms with Crippen LogP contribution in [0.1, 0.15) is 67.7 Å². The van der Waals surface area contributed by atoms with Crippen LogP contribution in [0.4, 0.5) is 0 Å². The largest absolute Gasteiger partial charge is 0.495 e. The number of ether oxygens (including phenoxy) is 2. The number of fused-ring (bicyclic) bond motifs is 2. The molecule has 2 saturated heterocycles. The van der Waals surface area contributed by atoms with Gasteiger partial charge in [0.15, 0.2) is 0 Å². The van der Waals surface area contributed by atoms with Gasteiger partial charge in [-0.2, -0.15) is 0 Å². The summed E-state index contributed by atoms with van der Waals surface area (Å²) in [6.45, 7) is 8.26. The van der Waals surface area contributed by atoms with E-state index in [0.29, 0.717) is 22.9 Å². The van der Waals surface area contributed by atoms with Gasteiger partial charge in [-0.05, 0) is 86.4 Å². The average molecular weight is 458 g/mol. The molecule has 0 aromatic heterocycles. The molecule has 0 radical (unpaired) electrons. The quantitative estimate of drug-likeness (QED) is 0.482. The molecule has 174 valence electrons. The van der Waals surface area contributed by atoms with Crippen LogP contribution in [0.15, 0.2) is 30.3 Å². The Morgan fingerprint density at radius 2 is 1.78 bits per heavy atom. The Morgan fingerprint density at radius 3 is 2.44 bits per heavy atom. The average Bonchev–Trinajstić information content (AvgIpc) is 3.02. The number of rotatable bonds is 8. The minimum atomic E-state index is -0.831. The normalized spacial score (nSPS) is 25.2. The van der Waals surface area contributed by atoms with Gasteiger partial charge in [0.05, 0.1) is 24.3 Å². The van der Waals surface area contributed by atoms with Crippen LogP contribution in [-0.2, 0) is 12.1 Å². The molecule has 2 aliphatic rings. The molecule has 2 aromatic rings. The van der Waals surface area contributed by atoms with Crippen LogP contribution in [-0.4, -0.2) is 35.8 Å². The molecular formula is C27H36ClNO3. The second-order valence-corrected chi connectivity index (χ2v) is 9.93. The molecule has 2 aliphatic heterocycles. The van der Waals surface area contributed by atoms with Gasteiger partial charge in [0.2, 0.25) is 0 Å². The Labute approximate surface area is 197 Å². The van der Waals surface area contributed by atoms with E-state index in [4.69, 9.17) is 21.1 Å². The fraction of sp³-hybridized carbons (Fsp3) is 0.556. The van der Waals surface area contributed by atoms with E-state index in [0.717, 1.165) is 63.0 Å². The highest BCUT2D eigenvalue weighted by molar-refractivity contribution is 6.32. The van der Waals surface area contributed by atoms with Gasteiger partial charge in [0, 0.05) is 18.6 Å². The first-order valence-electron chi connectivity index (χ1n) is 11.9. The third kappa shape index (κ3) is 4.50. The molecule has 0 spiro atoms. The molecule has 2 unspecified atom stereocenters. The summed E-state index contributed by atoms with van der Waals surface area (Å²) in [5, 5.41) is 12.2. The zero-order valence-electron chi connectivity index (χ0n) is 19.8. The molecule has 0 aliphatic carbocycles. The van der Waals surface area contributed by atoms with Gasteiger partial charge < -0.3 is 14.6 Å². The second-order valence-electron chi connectivity index (χ2n) is 9.52. The summed E-state index contributed by atoms with van der Waals surface area (Å²) in [7, 11) is 1.62. The number of nitrogens with zero attached hydrogens (tertiary/aromatic N) is 1. The number of piperidine rings is 1. The van der Waals surface area contributed by atoms with Crippen LogP contribution in [0.2, 0.25) is 5.02 Å². The van der Waals surface area contributed by atoms with E-state index in [9.17, 15) is 5.11 Å². The lowest BCUT2D eigenvalue weighted by atomic mass is 9.80. The summed E-state index contributed by atoms with van der Waals surface area (Å²) in [6.07, 6.45) is 5.97. The van der Waals surface area contributed by atoms with Crippen molar-refractivity contribution in [1.29, 1.82) is 0 Å². The van der Waals surface area contributed by atoms with Crippen molar-refractivity contribution < 1.29 is 14.6 Å². The number of benzene rings is 2. The Balaban J connectivity index is 1.50. The Kier molecular flexibility index (Phi) is 7.04. The van der Waals surface area contributed by atoms with Gasteiger partial charge in [-0.25, -0.2) is 0 Å². The van der Waals surface area contributed by atoms with E-state index >= 15 is 0 Å². The molecule has 5 heteroatoms. The van der Waals surface area contributed by atoms with Crippen molar-refractivity contribution in [3.05, 3.63) is 57.6 Å². The Bertz CT molecular complexity index is 946. The number of aliphatic hydroxyl groups is 1. The second kappa shape index (κ2) is 9.62. The van der Waals surface area contributed by atoms with Crippen LogP contribution < -0.4 is 9.47 Å². The molecule has 2 aromatic carbocycles. The molecule has 2 fully saturated rings. The molecule has 0 amide bonds. The number of hydrogen-bond donors (Lipinski definition) is 1. The molecule has 1 N–H and O–H groups in total. The predicted octanol–water partition coefficient (Wildman–Crippen LogP) is 6.16. The van der Waals surface area contributed by atoms with E-state index in [1.807, 2.05) is 18.2 Å². The van der Waals surface area contributed by atoms with Gasteiger partial charge in [-0.3, -0.25) is 4.90 Å². The van der Waals surface area contributed by atoms with Crippen LogP contribution in [0.5, 0.6) is 11.5 Å². The Hall–Kier alpha value is -1.75. The smallest absolute Gasteiger partial charge is 0.137 e. The molecule has 4 rings (SSSR count). The van der Waals surface area contributed by atoms with E-state index in [2.05, 4.69) is 37.8 Å². The summed E-state index contributed by atoms with van der Waals surface area (Å²) in [5.41, 5.74) is 4.01. The summed E-state index contributed by atoms with van der Waals surface area (Å²) in [6, 6.07) is 10.8. The zero-order chi connectivity index (χ0) is 22.9. The standard InChI is InChI=1S/C27H36ClNO3/c1-5-6-13-32-25-12-7-20(18(2)19(25)3)17-29-22-9-10-23(29)16-27(30,15-22)21-8-11-24(28)26(14-21)31-4/h7-8,11-12,14,22-23,30H,5-6,9-10,13,15-17H2,1-4H3. The van der Waals surface area contributed by atoms with Crippen molar-refractivity contribution in [2.75, 3.05) is 13.7 Å². The summed E-state index contributed by atoms with van der Waals surface area (Å²) >= 11 is 6.21. The number of hydrogen-bond acceptors (Lipinski definition) is 4. The number of methoxy groups -OCH3 is 1.